The number of benzene rings is 1. The first kappa shape index (κ1) is 22.9. The number of likely N-dealkylation sites (tertiary alicyclic amines) is 1. The van der Waals surface area contributed by atoms with Crippen molar-refractivity contribution in [3.8, 4) is 0 Å². The highest BCUT2D eigenvalue weighted by molar-refractivity contribution is 14.0. The Morgan fingerprint density at radius 2 is 2.11 bits per heavy atom. The van der Waals surface area contributed by atoms with Crippen molar-refractivity contribution in [1.29, 1.82) is 0 Å². The number of ether oxygens (including phenoxy) is 1. The van der Waals surface area contributed by atoms with Gasteiger partial charge < -0.3 is 20.3 Å². The highest BCUT2D eigenvalue weighted by Gasteiger charge is 2.21. The third kappa shape index (κ3) is 7.95. The molecule has 28 heavy (non-hydrogen) atoms. The minimum atomic E-state index is 0. The Hall–Kier alpha value is -1.35. The van der Waals surface area contributed by atoms with Crippen molar-refractivity contribution < 1.29 is 9.53 Å². The first-order chi connectivity index (χ1) is 13.2. The van der Waals surface area contributed by atoms with Crippen molar-refractivity contribution in [3.05, 3.63) is 35.4 Å². The van der Waals surface area contributed by atoms with Gasteiger partial charge in [0.05, 0.1) is 0 Å². The molecule has 0 unspecified atom stereocenters. The molecule has 0 bridgehead atoms. The molecule has 3 rings (SSSR count). The third-order valence-electron chi connectivity index (χ3n) is 5.03. The quantitative estimate of drug-likeness (QED) is 0.225. The molecular weight excluding hydrogens is 467 g/mol. The Balaban J connectivity index is 0.00000280. The predicted octanol–water partition coefficient (Wildman–Crippen LogP) is 2.91. The summed E-state index contributed by atoms with van der Waals surface area (Å²) in [4.78, 5) is 18.0. The molecule has 0 atom stereocenters. The predicted molar refractivity (Wildman–Crippen MR) is 123 cm³/mol. The zero-order chi connectivity index (χ0) is 18.9. The van der Waals surface area contributed by atoms with E-state index in [0.717, 1.165) is 51.0 Å². The molecule has 6 nitrogen and oxygen atoms in total. The van der Waals surface area contributed by atoms with Crippen molar-refractivity contribution in [2.75, 3.05) is 33.4 Å². The van der Waals surface area contributed by atoms with Gasteiger partial charge in [0, 0.05) is 52.9 Å². The van der Waals surface area contributed by atoms with Gasteiger partial charge in [-0.2, -0.15) is 0 Å². The van der Waals surface area contributed by atoms with Crippen LogP contribution in [0.2, 0.25) is 0 Å². The van der Waals surface area contributed by atoms with Crippen LogP contribution in [0.15, 0.2) is 29.3 Å². The average Bonchev–Trinajstić information content (AvgIpc) is 3.42. The van der Waals surface area contributed by atoms with Gasteiger partial charge in [0.25, 0.3) is 0 Å². The molecule has 1 heterocycles. The maximum Gasteiger partial charge on any atom is 0.222 e. The van der Waals surface area contributed by atoms with Gasteiger partial charge in [0.1, 0.15) is 0 Å². The minimum absolute atomic E-state index is 0. The largest absolute Gasteiger partial charge is 0.381 e. The number of rotatable bonds is 10. The van der Waals surface area contributed by atoms with Crippen LogP contribution in [-0.2, 0) is 22.6 Å². The molecule has 1 saturated carbocycles. The number of nitrogens with zero attached hydrogens (tertiary/aromatic N) is 2. The lowest BCUT2D eigenvalue weighted by molar-refractivity contribution is -0.128. The molecule has 0 aromatic heterocycles. The Bertz CT molecular complexity index is 649. The minimum Gasteiger partial charge on any atom is -0.381 e. The Kier molecular flexibility index (Phi) is 10.0. The number of halogens is 1. The van der Waals surface area contributed by atoms with E-state index in [1.807, 2.05) is 4.90 Å². The van der Waals surface area contributed by atoms with Crippen LogP contribution >= 0.6 is 24.0 Å². The maximum absolute atomic E-state index is 11.8. The number of nitrogens with one attached hydrogen (secondary N) is 2. The summed E-state index contributed by atoms with van der Waals surface area (Å²) in [6.07, 6.45) is 5.32. The van der Waals surface area contributed by atoms with Crippen LogP contribution in [0, 0.1) is 5.92 Å². The average molecular weight is 500 g/mol. The van der Waals surface area contributed by atoms with E-state index in [-0.39, 0.29) is 29.9 Å². The molecule has 156 valence electrons. The van der Waals surface area contributed by atoms with Gasteiger partial charge >= 0.3 is 0 Å². The van der Waals surface area contributed by atoms with Crippen LogP contribution in [0.4, 0.5) is 0 Å². The first-order valence-corrected chi connectivity index (χ1v) is 10.1. The van der Waals surface area contributed by atoms with E-state index in [0.29, 0.717) is 19.5 Å². The summed E-state index contributed by atoms with van der Waals surface area (Å²) < 4.78 is 5.65. The van der Waals surface area contributed by atoms with E-state index in [1.54, 1.807) is 7.05 Å². The second-order valence-corrected chi connectivity index (χ2v) is 7.46. The lowest BCUT2D eigenvalue weighted by Gasteiger charge is -2.16. The molecule has 1 aromatic carbocycles. The number of hydrogen-bond acceptors (Lipinski definition) is 3. The molecule has 1 amide bonds. The summed E-state index contributed by atoms with van der Waals surface area (Å²) in [7, 11) is 1.79. The van der Waals surface area contributed by atoms with Crippen LogP contribution in [0.5, 0.6) is 0 Å². The molecule has 2 fully saturated rings. The first-order valence-electron chi connectivity index (χ1n) is 10.1. The molecule has 2 N–H and O–H groups in total. The highest BCUT2D eigenvalue weighted by Crippen LogP contribution is 2.28. The monoisotopic (exact) mass is 500 g/mol. The molecule has 2 aliphatic rings. The van der Waals surface area contributed by atoms with E-state index in [1.165, 1.54) is 24.0 Å². The fourth-order valence-corrected chi connectivity index (χ4v) is 3.25. The van der Waals surface area contributed by atoms with Gasteiger partial charge in [-0.15, -0.1) is 24.0 Å². The Labute approximate surface area is 185 Å². The molecule has 1 aromatic rings. The van der Waals surface area contributed by atoms with E-state index < -0.39 is 0 Å². The highest BCUT2D eigenvalue weighted by atomic mass is 127. The third-order valence-corrected chi connectivity index (χ3v) is 5.03. The number of hydrogen-bond donors (Lipinski definition) is 2. The van der Waals surface area contributed by atoms with Crippen molar-refractivity contribution in [3.63, 3.8) is 0 Å². The normalized spacial score (nSPS) is 16.8. The Morgan fingerprint density at radius 3 is 2.82 bits per heavy atom. The van der Waals surface area contributed by atoms with Crippen molar-refractivity contribution in [2.45, 2.75) is 45.2 Å². The molecule has 1 aliphatic heterocycles. The van der Waals surface area contributed by atoms with E-state index in [2.05, 4.69) is 39.9 Å². The molecule has 1 saturated heterocycles. The van der Waals surface area contributed by atoms with Crippen LogP contribution < -0.4 is 10.6 Å². The van der Waals surface area contributed by atoms with Crippen LogP contribution in [-0.4, -0.2) is 50.1 Å². The molecular formula is C21H33IN4O2. The van der Waals surface area contributed by atoms with Crippen molar-refractivity contribution in [1.82, 2.24) is 15.5 Å². The zero-order valence-electron chi connectivity index (χ0n) is 16.8. The SMILES string of the molecule is CN=C(NCCCOCC1CC1)NCc1cccc(CN2CCCC2=O)c1.I. The van der Waals surface area contributed by atoms with Crippen LogP contribution in [0.1, 0.15) is 43.2 Å². The lowest BCUT2D eigenvalue weighted by atomic mass is 10.1. The standard InChI is InChI=1S/C21H32N4O2.HI/c1-22-21(23-10-4-12-27-16-17-8-9-17)24-14-18-5-2-6-19(13-18)15-25-11-3-7-20(25)26;/h2,5-6,13,17H,3-4,7-12,14-16H2,1H3,(H2,22,23,24);1H. The Morgan fingerprint density at radius 1 is 1.29 bits per heavy atom. The molecule has 0 spiro atoms. The summed E-state index contributed by atoms with van der Waals surface area (Å²) in [5.41, 5.74) is 2.37. The topological polar surface area (TPSA) is 66.0 Å². The number of guanidine groups is 1. The van der Waals surface area contributed by atoms with Crippen molar-refractivity contribution >= 4 is 35.8 Å². The second kappa shape index (κ2) is 12.3. The second-order valence-electron chi connectivity index (χ2n) is 7.46. The fraction of sp³-hybridized carbons (Fsp3) is 0.619. The van der Waals surface area contributed by atoms with Gasteiger partial charge in [0.2, 0.25) is 5.91 Å². The van der Waals surface area contributed by atoms with Gasteiger partial charge in [0.15, 0.2) is 5.96 Å². The lowest BCUT2D eigenvalue weighted by Crippen LogP contribution is -2.37. The van der Waals surface area contributed by atoms with Crippen LogP contribution in [0.3, 0.4) is 0 Å². The summed E-state index contributed by atoms with van der Waals surface area (Å²) in [6, 6.07) is 8.41. The number of aliphatic imine (C=N–C) groups is 1. The summed E-state index contributed by atoms with van der Waals surface area (Å²) in [5.74, 6) is 1.90. The number of amides is 1. The van der Waals surface area contributed by atoms with Gasteiger partial charge in [-0.05, 0) is 42.7 Å². The smallest absolute Gasteiger partial charge is 0.222 e. The molecule has 1 aliphatic carbocycles. The van der Waals surface area contributed by atoms with E-state index >= 15 is 0 Å². The summed E-state index contributed by atoms with van der Waals surface area (Å²) in [6.45, 7) is 4.87. The van der Waals surface area contributed by atoms with Crippen LogP contribution in [0.25, 0.3) is 0 Å². The number of carbonyl (C=O) groups excluding carboxylic acids is 1. The van der Waals surface area contributed by atoms with Gasteiger partial charge in [-0.25, -0.2) is 0 Å². The summed E-state index contributed by atoms with van der Waals surface area (Å²) in [5, 5.41) is 6.68. The molecule has 7 heteroatoms. The van der Waals surface area contributed by atoms with E-state index in [4.69, 9.17) is 4.74 Å². The van der Waals surface area contributed by atoms with E-state index in [9.17, 15) is 4.79 Å². The number of carbonyl (C=O) groups is 1. The zero-order valence-corrected chi connectivity index (χ0v) is 19.1. The van der Waals surface area contributed by atoms with Gasteiger partial charge in [-0.3, -0.25) is 9.79 Å². The molecule has 0 radical (unpaired) electrons. The maximum atomic E-state index is 11.8. The summed E-state index contributed by atoms with van der Waals surface area (Å²) >= 11 is 0. The fourth-order valence-electron chi connectivity index (χ4n) is 3.25. The van der Waals surface area contributed by atoms with Gasteiger partial charge in [-0.1, -0.05) is 24.3 Å². The van der Waals surface area contributed by atoms with Crippen molar-refractivity contribution in [2.24, 2.45) is 10.9 Å².